The number of hydrogen-bond donors (Lipinski definition) is 0. The summed E-state index contributed by atoms with van der Waals surface area (Å²) < 4.78 is 50.8. The SMILES string of the molecule is CC(=O)Oc1ccc(/C=C/C(=O)C[C@@H]2O[C@H](Oc3cc(OC(C)=O)c4c(c3)O[C@@H](c3ccc(OC(C)=O)cc3)CC4=O)[C@H](OC(C)=O)[C@@H](OC(C)=O)[C@@H]2OC(C)=O)cc1. The lowest BCUT2D eigenvalue weighted by molar-refractivity contribution is -0.283. The van der Waals surface area contributed by atoms with E-state index in [1.807, 2.05) is 0 Å². The molecule has 0 aliphatic carbocycles. The first-order valence-electron chi connectivity index (χ1n) is 18.1. The summed E-state index contributed by atoms with van der Waals surface area (Å²) in [5, 5.41) is 0. The lowest BCUT2D eigenvalue weighted by atomic mass is 9.94. The zero-order valence-electron chi connectivity index (χ0n) is 32.7. The van der Waals surface area contributed by atoms with Crippen molar-refractivity contribution in [3.05, 3.63) is 83.4 Å². The van der Waals surface area contributed by atoms with E-state index in [-0.39, 0.29) is 35.0 Å². The van der Waals surface area contributed by atoms with Crippen LogP contribution in [-0.4, -0.2) is 78.1 Å². The number of Topliss-reactive ketones (excluding diaryl/α,β-unsaturated/α-hetero) is 1. The summed E-state index contributed by atoms with van der Waals surface area (Å²) in [6.45, 7) is 6.86. The van der Waals surface area contributed by atoms with Crippen molar-refractivity contribution < 1.29 is 81.0 Å². The van der Waals surface area contributed by atoms with Crippen LogP contribution in [0.2, 0.25) is 0 Å². The molecule has 310 valence electrons. The number of allylic oxidation sites excluding steroid dienone is 1. The van der Waals surface area contributed by atoms with E-state index in [9.17, 15) is 38.4 Å². The summed E-state index contributed by atoms with van der Waals surface area (Å²) in [4.78, 5) is 99.1. The van der Waals surface area contributed by atoms with Crippen molar-refractivity contribution >= 4 is 53.5 Å². The van der Waals surface area contributed by atoms with Gasteiger partial charge in [0.25, 0.3) is 0 Å². The van der Waals surface area contributed by atoms with E-state index in [0.29, 0.717) is 16.9 Å². The maximum absolute atomic E-state index is 13.6. The van der Waals surface area contributed by atoms with E-state index in [2.05, 4.69) is 0 Å². The van der Waals surface area contributed by atoms with Gasteiger partial charge in [0, 0.05) is 60.1 Å². The smallest absolute Gasteiger partial charge is 0.308 e. The maximum Gasteiger partial charge on any atom is 0.308 e. The highest BCUT2D eigenvalue weighted by atomic mass is 16.7. The highest BCUT2D eigenvalue weighted by molar-refractivity contribution is 6.03. The van der Waals surface area contributed by atoms with Crippen LogP contribution < -0.4 is 23.7 Å². The van der Waals surface area contributed by atoms with Crippen LogP contribution >= 0.6 is 0 Å². The fourth-order valence-corrected chi connectivity index (χ4v) is 6.32. The van der Waals surface area contributed by atoms with Crippen LogP contribution in [0.4, 0.5) is 0 Å². The highest BCUT2D eigenvalue weighted by Crippen LogP contribution is 2.44. The zero-order chi connectivity index (χ0) is 43.0. The molecule has 17 heteroatoms. The topological polar surface area (TPSA) is 220 Å². The molecule has 1 fully saturated rings. The number of rotatable bonds is 13. The lowest BCUT2D eigenvalue weighted by Crippen LogP contribution is -2.62. The number of carbonyl (C=O) groups is 8. The first-order chi connectivity index (χ1) is 27.9. The molecule has 5 rings (SSSR count). The average molecular weight is 817 g/mol. The van der Waals surface area contributed by atoms with Crippen LogP contribution in [0.15, 0.2) is 66.7 Å². The molecule has 0 spiro atoms. The molecule has 0 amide bonds. The third-order valence-electron chi connectivity index (χ3n) is 8.48. The van der Waals surface area contributed by atoms with E-state index < -0.39 is 90.6 Å². The molecule has 1 saturated heterocycles. The van der Waals surface area contributed by atoms with Gasteiger partial charge < -0.3 is 42.6 Å². The van der Waals surface area contributed by atoms with E-state index >= 15 is 0 Å². The summed E-state index contributed by atoms with van der Waals surface area (Å²) in [6.07, 6.45) is -6.48. The Morgan fingerprint density at radius 2 is 1.19 bits per heavy atom. The Kier molecular flexibility index (Phi) is 14.0. The largest absolute Gasteiger partial charge is 0.484 e. The van der Waals surface area contributed by atoms with Crippen molar-refractivity contribution in [1.82, 2.24) is 0 Å². The first-order valence-corrected chi connectivity index (χ1v) is 18.1. The Labute approximate surface area is 337 Å². The van der Waals surface area contributed by atoms with Crippen LogP contribution in [0.3, 0.4) is 0 Å². The molecule has 3 aromatic carbocycles. The van der Waals surface area contributed by atoms with Gasteiger partial charge in [0.2, 0.25) is 12.4 Å². The van der Waals surface area contributed by atoms with Crippen molar-refractivity contribution in [3.63, 3.8) is 0 Å². The predicted octanol–water partition coefficient (Wildman–Crippen LogP) is 4.74. The Hall–Kier alpha value is -6.88. The molecule has 0 bridgehead atoms. The van der Waals surface area contributed by atoms with Crippen molar-refractivity contribution in [2.75, 3.05) is 0 Å². The number of benzene rings is 3. The number of ketones is 2. The summed E-state index contributed by atoms with van der Waals surface area (Å²) in [7, 11) is 0. The molecule has 3 aromatic rings. The normalized spacial score (nSPS) is 20.9. The Morgan fingerprint density at radius 1 is 0.644 bits per heavy atom. The van der Waals surface area contributed by atoms with Crippen molar-refractivity contribution in [1.29, 1.82) is 0 Å². The molecular formula is C42H40O17. The molecule has 6 atom stereocenters. The molecule has 0 saturated carbocycles. The fourth-order valence-electron chi connectivity index (χ4n) is 6.32. The average Bonchev–Trinajstić information content (AvgIpc) is 3.13. The Bertz CT molecular complexity index is 2150. The summed E-state index contributed by atoms with van der Waals surface area (Å²) in [5.41, 5.74) is 1.06. The second-order valence-corrected chi connectivity index (χ2v) is 13.3. The molecule has 2 aliphatic rings. The standard InChI is InChI=1S/C42H40O17/c1-21(43)51-30-13-8-27(9-14-30)7-12-29(49)17-37-39(54-24(4)46)40(55-25(5)47)41(56-26(6)48)42(59-37)57-32-18-35(53-23(3)45)38-33(50)20-34(58-36(38)19-32)28-10-15-31(16-11-28)52-22(2)44/h7-16,18-19,34,37,39-42H,17,20H2,1-6H3/b12-7+/t34-,37+,39-,40+,41-,42+/m1/s1. The number of hydrogen-bond acceptors (Lipinski definition) is 17. The molecule has 17 nitrogen and oxygen atoms in total. The third kappa shape index (κ3) is 11.8. The molecule has 2 heterocycles. The van der Waals surface area contributed by atoms with Crippen molar-refractivity contribution in [2.24, 2.45) is 0 Å². The number of esters is 6. The van der Waals surface area contributed by atoms with E-state index in [1.54, 1.807) is 24.3 Å². The highest BCUT2D eigenvalue weighted by Gasteiger charge is 2.53. The molecule has 0 unspecified atom stereocenters. The molecule has 0 N–H and O–H groups in total. The quantitative estimate of drug-likeness (QED) is 0.0984. The lowest BCUT2D eigenvalue weighted by Gasteiger charge is -2.44. The minimum atomic E-state index is -1.68. The fraction of sp³-hybridized carbons (Fsp3) is 0.333. The molecule has 0 radical (unpaired) electrons. The number of fused-ring (bicyclic) bond motifs is 1. The third-order valence-corrected chi connectivity index (χ3v) is 8.48. The number of ether oxygens (including phenoxy) is 9. The summed E-state index contributed by atoms with van der Waals surface area (Å²) in [6, 6.07) is 15.1. The van der Waals surface area contributed by atoms with Gasteiger partial charge in [-0.15, -0.1) is 0 Å². The Balaban J connectivity index is 1.49. The van der Waals surface area contributed by atoms with Gasteiger partial charge in [-0.3, -0.25) is 38.4 Å². The molecule has 2 aliphatic heterocycles. The van der Waals surface area contributed by atoms with Gasteiger partial charge in [-0.05, 0) is 41.5 Å². The monoisotopic (exact) mass is 816 g/mol. The van der Waals surface area contributed by atoms with E-state index in [1.165, 1.54) is 62.4 Å². The van der Waals surface area contributed by atoms with Gasteiger partial charge >= 0.3 is 35.8 Å². The van der Waals surface area contributed by atoms with Crippen LogP contribution in [-0.2, 0) is 52.5 Å². The van der Waals surface area contributed by atoms with Gasteiger partial charge in [-0.2, -0.15) is 0 Å². The van der Waals surface area contributed by atoms with Gasteiger partial charge in [-0.1, -0.05) is 30.3 Å². The zero-order valence-corrected chi connectivity index (χ0v) is 32.7. The van der Waals surface area contributed by atoms with Gasteiger partial charge in [0.05, 0.1) is 6.42 Å². The minimum absolute atomic E-state index is 0.0593. The van der Waals surface area contributed by atoms with Crippen molar-refractivity contribution in [3.8, 4) is 28.7 Å². The minimum Gasteiger partial charge on any atom is -0.484 e. The maximum atomic E-state index is 13.6. The second kappa shape index (κ2) is 19.0. The second-order valence-electron chi connectivity index (χ2n) is 13.3. The van der Waals surface area contributed by atoms with Gasteiger partial charge in [0.15, 0.2) is 23.8 Å². The van der Waals surface area contributed by atoms with Crippen LogP contribution in [0.5, 0.6) is 28.7 Å². The Morgan fingerprint density at radius 3 is 1.75 bits per heavy atom. The van der Waals surface area contributed by atoms with E-state index in [4.69, 9.17) is 42.6 Å². The summed E-state index contributed by atoms with van der Waals surface area (Å²) >= 11 is 0. The summed E-state index contributed by atoms with van der Waals surface area (Å²) in [5.74, 6) is -5.20. The number of carbonyl (C=O) groups excluding carboxylic acids is 8. The predicted molar refractivity (Wildman–Crippen MR) is 200 cm³/mol. The van der Waals surface area contributed by atoms with E-state index in [0.717, 1.165) is 27.7 Å². The molecule has 59 heavy (non-hydrogen) atoms. The van der Waals surface area contributed by atoms with Crippen LogP contribution in [0, 0.1) is 0 Å². The molecule has 0 aromatic heterocycles. The first kappa shape index (κ1) is 43.2. The molecular weight excluding hydrogens is 776 g/mol. The van der Waals surface area contributed by atoms with Crippen molar-refractivity contribution in [2.45, 2.75) is 91.2 Å². The van der Waals surface area contributed by atoms with Crippen LogP contribution in [0.25, 0.3) is 6.08 Å². The van der Waals surface area contributed by atoms with Gasteiger partial charge in [0.1, 0.15) is 46.5 Å². The van der Waals surface area contributed by atoms with Gasteiger partial charge in [-0.25, -0.2) is 0 Å². The van der Waals surface area contributed by atoms with Crippen LogP contribution in [0.1, 0.15) is 82.0 Å².